The summed E-state index contributed by atoms with van der Waals surface area (Å²) in [4.78, 5) is 23.8. The van der Waals surface area contributed by atoms with E-state index in [4.69, 9.17) is 17.3 Å². The van der Waals surface area contributed by atoms with Crippen molar-refractivity contribution in [2.45, 2.75) is 17.9 Å². The molecule has 0 spiro atoms. The minimum absolute atomic E-state index is 0.0246. The lowest BCUT2D eigenvalue weighted by molar-refractivity contribution is -0.117. The van der Waals surface area contributed by atoms with E-state index in [0.29, 0.717) is 16.3 Å². The van der Waals surface area contributed by atoms with Crippen LogP contribution in [0.4, 0.5) is 5.69 Å². The minimum atomic E-state index is -3.96. The third-order valence-electron chi connectivity index (χ3n) is 4.59. The topological polar surface area (TPSA) is 110 Å². The zero-order valence-corrected chi connectivity index (χ0v) is 18.6. The van der Waals surface area contributed by atoms with Crippen LogP contribution < -0.4 is 11.1 Å². The number of nitrogens with two attached hydrogens (primary N) is 1. The molecule has 3 aromatic carbocycles. The normalized spacial score (nSPS) is 11.3. The van der Waals surface area contributed by atoms with Crippen molar-refractivity contribution in [3.8, 4) is 0 Å². The van der Waals surface area contributed by atoms with Crippen LogP contribution in [0.3, 0.4) is 0 Å². The van der Waals surface area contributed by atoms with E-state index in [9.17, 15) is 18.0 Å². The smallest absolute Gasteiger partial charge is 0.243 e. The van der Waals surface area contributed by atoms with E-state index in [-0.39, 0.29) is 24.4 Å². The van der Waals surface area contributed by atoms with Gasteiger partial charge in [-0.25, -0.2) is 8.42 Å². The van der Waals surface area contributed by atoms with Crippen molar-refractivity contribution in [2.24, 2.45) is 5.73 Å². The highest BCUT2D eigenvalue weighted by Crippen LogP contribution is 2.21. The molecule has 0 saturated heterocycles. The van der Waals surface area contributed by atoms with Gasteiger partial charge in [0, 0.05) is 17.3 Å². The van der Waals surface area contributed by atoms with E-state index < -0.39 is 21.8 Å². The van der Waals surface area contributed by atoms with Crippen molar-refractivity contribution in [3.05, 3.63) is 95.0 Å². The summed E-state index contributed by atoms with van der Waals surface area (Å²) < 4.78 is 27.6. The van der Waals surface area contributed by atoms with Crippen LogP contribution in [-0.4, -0.2) is 31.1 Å². The van der Waals surface area contributed by atoms with Gasteiger partial charge in [0.1, 0.15) is 0 Å². The maximum absolute atomic E-state index is 13.2. The maximum Gasteiger partial charge on any atom is 0.243 e. The van der Waals surface area contributed by atoms with Crippen LogP contribution in [0, 0.1) is 0 Å². The number of halogens is 1. The summed E-state index contributed by atoms with van der Waals surface area (Å²) in [7, 11) is -3.96. The summed E-state index contributed by atoms with van der Waals surface area (Å²) >= 11 is 5.89. The van der Waals surface area contributed by atoms with Crippen molar-refractivity contribution in [3.63, 3.8) is 0 Å². The van der Waals surface area contributed by atoms with Gasteiger partial charge < -0.3 is 11.1 Å². The van der Waals surface area contributed by atoms with Gasteiger partial charge in [0.15, 0.2) is 0 Å². The second-order valence-electron chi connectivity index (χ2n) is 7.10. The van der Waals surface area contributed by atoms with Gasteiger partial charge in [-0.3, -0.25) is 9.59 Å². The third kappa shape index (κ3) is 6.40. The zero-order chi connectivity index (χ0) is 23.1. The van der Waals surface area contributed by atoms with Crippen LogP contribution in [0.5, 0.6) is 0 Å². The number of carbonyl (C=O) groups excluding carboxylic acids is 2. The molecule has 2 amide bonds. The Morgan fingerprint density at radius 2 is 1.50 bits per heavy atom. The number of nitrogens with zero attached hydrogens (tertiary/aromatic N) is 1. The molecule has 0 aliphatic rings. The fourth-order valence-electron chi connectivity index (χ4n) is 3.04. The summed E-state index contributed by atoms with van der Waals surface area (Å²) in [5.74, 6) is -0.952. The van der Waals surface area contributed by atoms with Gasteiger partial charge in [-0.2, -0.15) is 4.31 Å². The van der Waals surface area contributed by atoms with Gasteiger partial charge >= 0.3 is 0 Å². The van der Waals surface area contributed by atoms with Crippen molar-refractivity contribution in [1.82, 2.24) is 4.31 Å². The predicted octanol–water partition coefficient (Wildman–Crippen LogP) is 3.20. The zero-order valence-electron chi connectivity index (χ0n) is 17.1. The van der Waals surface area contributed by atoms with Gasteiger partial charge in [-0.05, 0) is 47.5 Å². The number of sulfonamides is 1. The highest BCUT2D eigenvalue weighted by molar-refractivity contribution is 7.89. The van der Waals surface area contributed by atoms with Gasteiger partial charge in [-0.1, -0.05) is 54.1 Å². The lowest BCUT2D eigenvalue weighted by Crippen LogP contribution is -2.37. The van der Waals surface area contributed by atoms with Crippen molar-refractivity contribution < 1.29 is 18.0 Å². The molecule has 0 radical (unpaired) electrons. The summed E-state index contributed by atoms with van der Waals surface area (Å²) in [5.41, 5.74) is 7.12. The SMILES string of the molecule is NC(=O)Cc1ccc(NC(=O)CN(Cc2ccccc2)S(=O)(=O)c2ccc(Cl)cc2)cc1. The molecular weight excluding hydrogens is 450 g/mol. The Hall–Kier alpha value is -3.20. The molecule has 0 bridgehead atoms. The number of hydrogen-bond acceptors (Lipinski definition) is 4. The summed E-state index contributed by atoms with van der Waals surface area (Å²) in [6.07, 6.45) is 0.0957. The van der Waals surface area contributed by atoms with Crippen LogP contribution in [-0.2, 0) is 32.6 Å². The summed E-state index contributed by atoms with van der Waals surface area (Å²) in [6.45, 7) is -0.361. The lowest BCUT2D eigenvalue weighted by Gasteiger charge is -2.22. The number of benzene rings is 3. The average Bonchev–Trinajstić information content (AvgIpc) is 2.75. The number of hydrogen-bond donors (Lipinski definition) is 2. The van der Waals surface area contributed by atoms with Gasteiger partial charge in [0.2, 0.25) is 21.8 Å². The molecule has 0 unspecified atom stereocenters. The fraction of sp³-hybridized carbons (Fsp3) is 0.130. The average molecular weight is 472 g/mol. The number of rotatable bonds is 9. The Labute approximate surface area is 191 Å². The molecule has 0 heterocycles. The first-order valence-corrected chi connectivity index (χ1v) is 11.5. The Bertz CT molecular complexity index is 1180. The second kappa shape index (κ2) is 10.4. The number of carbonyl (C=O) groups is 2. The van der Waals surface area contributed by atoms with Gasteiger partial charge in [0.05, 0.1) is 17.9 Å². The number of nitrogens with one attached hydrogen (secondary N) is 1. The second-order valence-corrected chi connectivity index (χ2v) is 9.48. The monoisotopic (exact) mass is 471 g/mol. The number of primary amides is 1. The Balaban J connectivity index is 1.79. The molecule has 0 aliphatic carbocycles. The molecule has 0 aliphatic heterocycles. The molecule has 166 valence electrons. The van der Waals surface area contributed by atoms with E-state index >= 15 is 0 Å². The molecule has 3 N–H and O–H groups in total. The molecule has 0 aromatic heterocycles. The molecule has 0 fully saturated rings. The predicted molar refractivity (Wildman–Crippen MR) is 123 cm³/mol. The quantitative estimate of drug-likeness (QED) is 0.499. The first-order valence-electron chi connectivity index (χ1n) is 9.71. The van der Waals surface area contributed by atoms with Crippen LogP contribution in [0.25, 0.3) is 0 Å². The fourth-order valence-corrected chi connectivity index (χ4v) is 4.55. The Morgan fingerprint density at radius 1 is 0.875 bits per heavy atom. The van der Waals surface area contributed by atoms with Gasteiger partial charge in [-0.15, -0.1) is 0 Å². The van der Waals surface area contributed by atoms with E-state index in [1.54, 1.807) is 48.5 Å². The van der Waals surface area contributed by atoms with Crippen molar-refractivity contribution >= 4 is 39.1 Å². The van der Waals surface area contributed by atoms with E-state index in [1.165, 1.54) is 24.3 Å². The lowest BCUT2D eigenvalue weighted by atomic mass is 10.1. The maximum atomic E-state index is 13.2. The van der Waals surface area contributed by atoms with Gasteiger partial charge in [0.25, 0.3) is 0 Å². The molecule has 7 nitrogen and oxygen atoms in total. The van der Waals surface area contributed by atoms with Crippen LogP contribution >= 0.6 is 11.6 Å². The molecule has 9 heteroatoms. The van der Waals surface area contributed by atoms with Crippen molar-refractivity contribution in [2.75, 3.05) is 11.9 Å². The Kier molecular flexibility index (Phi) is 7.63. The molecule has 3 aromatic rings. The van der Waals surface area contributed by atoms with E-state index in [2.05, 4.69) is 5.32 Å². The Morgan fingerprint density at radius 3 is 2.09 bits per heavy atom. The third-order valence-corrected chi connectivity index (χ3v) is 6.65. The van der Waals surface area contributed by atoms with Crippen LogP contribution in [0.15, 0.2) is 83.8 Å². The van der Waals surface area contributed by atoms with Crippen LogP contribution in [0.1, 0.15) is 11.1 Å². The molecule has 0 atom stereocenters. The summed E-state index contributed by atoms with van der Waals surface area (Å²) in [6, 6.07) is 21.4. The molecule has 32 heavy (non-hydrogen) atoms. The van der Waals surface area contributed by atoms with Crippen molar-refractivity contribution in [1.29, 1.82) is 0 Å². The summed E-state index contributed by atoms with van der Waals surface area (Å²) in [5, 5.41) is 3.10. The van der Waals surface area contributed by atoms with E-state index in [1.807, 2.05) is 6.07 Å². The van der Waals surface area contributed by atoms with E-state index in [0.717, 1.165) is 9.87 Å². The molecule has 3 rings (SSSR count). The minimum Gasteiger partial charge on any atom is -0.369 e. The highest BCUT2D eigenvalue weighted by atomic mass is 35.5. The number of anilines is 1. The highest BCUT2D eigenvalue weighted by Gasteiger charge is 2.27. The first kappa shape index (κ1) is 23.5. The standard InChI is InChI=1S/C23H22ClN3O4S/c24-19-8-12-21(13-9-19)32(30,31)27(15-18-4-2-1-3-5-18)16-23(29)26-20-10-6-17(7-11-20)14-22(25)28/h1-13H,14-16H2,(H2,25,28)(H,26,29). The molecular formula is C23H22ClN3O4S. The van der Waals surface area contributed by atoms with Crippen LogP contribution in [0.2, 0.25) is 5.02 Å². The largest absolute Gasteiger partial charge is 0.369 e. The first-order chi connectivity index (χ1) is 15.2. The molecule has 0 saturated carbocycles. The number of amides is 2.